The van der Waals surface area contributed by atoms with Crippen molar-refractivity contribution in [3.05, 3.63) is 71.3 Å². The first kappa shape index (κ1) is 34.2. The van der Waals surface area contributed by atoms with Gasteiger partial charge in [0.15, 0.2) is 52.6 Å². The number of amides is 3. The van der Waals surface area contributed by atoms with Gasteiger partial charge in [0.25, 0.3) is 17.7 Å². The highest BCUT2D eigenvalue weighted by Crippen LogP contribution is 2.30. The third kappa shape index (κ3) is 7.73. The van der Waals surface area contributed by atoms with Crippen LogP contribution in [-0.4, -0.2) is 104 Å². The molecule has 4 rings (SSSR count). The molecular weight excluding hydrogens is 642 g/mol. The number of esters is 3. The van der Waals surface area contributed by atoms with Crippen LogP contribution < -0.4 is 16.0 Å². The van der Waals surface area contributed by atoms with Gasteiger partial charge in [0.2, 0.25) is 0 Å². The second-order valence-corrected chi connectivity index (χ2v) is 9.99. The Labute approximate surface area is 269 Å². The van der Waals surface area contributed by atoms with Crippen LogP contribution in [0.5, 0.6) is 34.5 Å². The summed E-state index contributed by atoms with van der Waals surface area (Å²) in [6.07, 6.45) is 0. The zero-order valence-corrected chi connectivity index (χ0v) is 24.4. The number of hydrogen-bond donors (Lipinski definition) is 9. The molecular formula is C30H27N3O15. The topological polar surface area (TPSA) is 288 Å². The summed E-state index contributed by atoms with van der Waals surface area (Å²) in [5.41, 5.74) is -1.47. The van der Waals surface area contributed by atoms with Crippen molar-refractivity contribution < 1.29 is 73.6 Å². The lowest BCUT2D eigenvalue weighted by Gasteiger charge is -2.25. The quantitative estimate of drug-likeness (QED) is 0.0887. The molecule has 1 unspecified atom stereocenters. The largest absolute Gasteiger partial charge is 0.504 e. The number of ether oxygens (including phenoxy) is 3. The smallest absolute Gasteiger partial charge is 0.332 e. The Kier molecular flexibility index (Phi) is 10.4. The fourth-order valence-corrected chi connectivity index (χ4v) is 4.16. The lowest BCUT2D eigenvalue weighted by Crippen LogP contribution is -2.52. The van der Waals surface area contributed by atoms with Crippen LogP contribution in [0.15, 0.2) is 54.6 Å². The maximum absolute atomic E-state index is 13.1. The molecule has 18 nitrogen and oxygen atoms in total. The van der Waals surface area contributed by atoms with Crippen LogP contribution in [0, 0.1) is 0 Å². The number of cyclic esters (lactones) is 3. The number of hydrogen-bond acceptors (Lipinski definition) is 15. The molecule has 18 heteroatoms. The van der Waals surface area contributed by atoms with Gasteiger partial charge in [0.05, 0.1) is 16.7 Å². The molecule has 0 radical (unpaired) electrons. The van der Waals surface area contributed by atoms with E-state index in [1.54, 1.807) is 0 Å². The summed E-state index contributed by atoms with van der Waals surface area (Å²) >= 11 is 0. The van der Waals surface area contributed by atoms with E-state index in [1.165, 1.54) is 18.2 Å². The van der Waals surface area contributed by atoms with Crippen LogP contribution in [0.25, 0.3) is 0 Å². The number of rotatable bonds is 6. The van der Waals surface area contributed by atoms with Gasteiger partial charge >= 0.3 is 17.9 Å². The fourth-order valence-electron chi connectivity index (χ4n) is 4.16. The van der Waals surface area contributed by atoms with Gasteiger partial charge in [-0.2, -0.15) is 0 Å². The predicted octanol–water partition coefficient (Wildman–Crippen LogP) is -0.741. The first-order chi connectivity index (χ1) is 22.8. The van der Waals surface area contributed by atoms with Crippen molar-refractivity contribution in [2.75, 3.05) is 19.8 Å². The summed E-state index contributed by atoms with van der Waals surface area (Å²) < 4.78 is 15.3. The molecule has 1 saturated heterocycles. The molecule has 1 aliphatic rings. The van der Waals surface area contributed by atoms with Crippen LogP contribution in [0.1, 0.15) is 31.1 Å². The Balaban J connectivity index is 1.63. The average molecular weight is 670 g/mol. The number of aromatic hydroxyl groups is 6. The summed E-state index contributed by atoms with van der Waals surface area (Å²) in [5.74, 6) is -11.9. The zero-order valence-electron chi connectivity index (χ0n) is 24.4. The summed E-state index contributed by atoms with van der Waals surface area (Å²) in [7, 11) is 0. The molecule has 0 aliphatic carbocycles. The van der Waals surface area contributed by atoms with Crippen LogP contribution >= 0.6 is 0 Å². The number of carbonyl (C=O) groups is 6. The van der Waals surface area contributed by atoms with E-state index < -0.39 is 125 Å². The van der Waals surface area contributed by atoms with Crippen LogP contribution in [0.2, 0.25) is 0 Å². The molecule has 9 N–H and O–H groups in total. The van der Waals surface area contributed by atoms with Crippen LogP contribution in [0.4, 0.5) is 0 Å². The highest BCUT2D eigenvalue weighted by Gasteiger charge is 2.34. The molecule has 3 amide bonds. The molecule has 48 heavy (non-hydrogen) atoms. The number of nitrogens with one attached hydrogen (secondary N) is 3. The summed E-state index contributed by atoms with van der Waals surface area (Å²) in [6, 6.07) is 4.64. The SMILES string of the molecule is O=C(NC1COC(=O)[C@@H](NC(=O)c2cccc(O)c2O)COC(=O)[C@@H](NC(=O)c2cccc(O)c2O)COC1=O)c1cccc(O)c1O. The molecule has 0 aromatic heterocycles. The van der Waals surface area contributed by atoms with Crippen molar-refractivity contribution in [3.63, 3.8) is 0 Å². The van der Waals surface area contributed by atoms with E-state index >= 15 is 0 Å². The minimum Gasteiger partial charge on any atom is -0.504 e. The Morgan fingerprint density at radius 1 is 0.479 bits per heavy atom. The molecule has 3 aromatic carbocycles. The number of phenols is 6. The van der Waals surface area contributed by atoms with E-state index in [0.29, 0.717) is 0 Å². The number of benzene rings is 3. The van der Waals surface area contributed by atoms with E-state index in [0.717, 1.165) is 36.4 Å². The summed E-state index contributed by atoms with van der Waals surface area (Å²) in [4.78, 5) is 77.9. The minimum absolute atomic E-state index is 0.490. The Morgan fingerprint density at radius 3 is 0.979 bits per heavy atom. The second-order valence-electron chi connectivity index (χ2n) is 9.99. The maximum Gasteiger partial charge on any atom is 0.332 e. The Bertz CT molecular complexity index is 1570. The lowest BCUT2D eigenvalue weighted by atomic mass is 10.1. The van der Waals surface area contributed by atoms with Crippen LogP contribution in [0.3, 0.4) is 0 Å². The van der Waals surface area contributed by atoms with Gasteiger partial charge in [0.1, 0.15) is 19.8 Å². The van der Waals surface area contributed by atoms with Gasteiger partial charge in [-0.25, -0.2) is 14.4 Å². The highest BCUT2D eigenvalue weighted by molar-refractivity contribution is 6.01. The molecule has 0 spiro atoms. The molecule has 1 heterocycles. The molecule has 0 bridgehead atoms. The zero-order chi connectivity index (χ0) is 35.1. The van der Waals surface area contributed by atoms with Crippen molar-refractivity contribution in [2.45, 2.75) is 18.1 Å². The van der Waals surface area contributed by atoms with E-state index in [-0.39, 0.29) is 0 Å². The third-order valence-corrected chi connectivity index (χ3v) is 6.72. The lowest BCUT2D eigenvalue weighted by molar-refractivity contribution is -0.160. The standard InChI is InChI=1S/C30H27N3O15/c34-19-7-1-4-13(22(19)37)25(40)31-16-10-46-29(44)18(33-27(42)15-6-3-9-21(36)24(15)39)12-48-30(45)17(11-47-28(16)43)32-26(41)14-5-2-8-20(35)23(14)38/h1-9,16-18,34-39H,10-12H2,(H,31,40)(H,32,41)(H,33,42)/t16-,17-,18?/m0/s1. The summed E-state index contributed by atoms with van der Waals surface area (Å²) in [5, 5.41) is 65.9. The Hall–Kier alpha value is -6.72. The molecule has 1 fully saturated rings. The van der Waals surface area contributed by atoms with Crippen molar-refractivity contribution >= 4 is 35.6 Å². The molecule has 0 saturated carbocycles. The molecule has 3 atom stereocenters. The van der Waals surface area contributed by atoms with Crippen LogP contribution in [-0.2, 0) is 28.6 Å². The van der Waals surface area contributed by atoms with E-state index in [9.17, 15) is 59.4 Å². The second kappa shape index (κ2) is 14.6. The summed E-state index contributed by atoms with van der Waals surface area (Å²) in [6.45, 7) is -2.85. The monoisotopic (exact) mass is 669 g/mol. The fraction of sp³-hybridized carbons (Fsp3) is 0.200. The van der Waals surface area contributed by atoms with Gasteiger partial charge in [-0.3, -0.25) is 14.4 Å². The first-order valence-corrected chi connectivity index (χ1v) is 13.7. The maximum atomic E-state index is 13.1. The normalized spacial score (nSPS) is 18.5. The molecule has 1 aliphatic heterocycles. The van der Waals surface area contributed by atoms with Gasteiger partial charge in [-0.05, 0) is 36.4 Å². The van der Waals surface area contributed by atoms with E-state index in [1.807, 2.05) is 0 Å². The van der Waals surface area contributed by atoms with Gasteiger partial charge in [-0.15, -0.1) is 0 Å². The number of phenolic OH excluding ortho intramolecular Hbond substituents is 6. The minimum atomic E-state index is -1.84. The average Bonchev–Trinajstić information content (AvgIpc) is 3.05. The molecule has 252 valence electrons. The van der Waals surface area contributed by atoms with Gasteiger partial charge in [-0.1, -0.05) is 18.2 Å². The van der Waals surface area contributed by atoms with Gasteiger partial charge in [0, 0.05) is 0 Å². The van der Waals surface area contributed by atoms with Crippen molar-refractivity contribution in [1.29, 1.82) is 0 Å². The van der Waals surface area contributed by atoms with Gasteiger partial charge < -0.3 is 60.8 Å². The van der Waals surface area contributed by atoms with E-state index in [2.05, 4.69) is 16.0 Å². The number of carbonyl (C=O) groups excluding carboxylic acids is 6. The Morgan fingerprint density at radius 2 is 0.729 bits per heavy atom. The predicted molar refractivity (Wildman–Crippen MR) is 156 cm³/mol. The highest BCUT2D eigenvalue weighted by atomic mass is 16.6. The first-order valence-electron chi connectivity index (χ1n) is 13.7. The van der Waals surface area contributed by atoms with E-state index in [4.69, 9.17) is 14.2 Å². The number of para-hydroxylation sites is 3. The van der Waals surface area contributed by atoms with Crippen molar-refractivity contribution in [1.82, 2.24) is 16.0 Å². The van der Waals surface area contributed by atoms with Crippen molar-refractivity contribution in [3.8, 4) is 34.5 Å². The van der Waals surface area contributed by atoms with Crippen molar-refractivity contribution in [2.24, 2.45) is 0 Å². The third-order valence-electron chi connectivity index (χ3n) is 6.72. The molecule has 3 aromatic rings.